The van der Waals surface area contributed by atoms with E-state index >= 15 is 0 Å². The molecule has 0 aromatic heterocycles. The molecule has 0 saturated carbocycles. The molecule has 88 valence electrons. The van der Waals surface area contributed by atoms with Crippen LogP contribution >= 0.6 is 0 Å². The van der Waals surface area contributed by atoms with Crippen LogP contribution in [-0.2, 0) is 11.3 Å². The SMILES string of the molecule is Cc1cc(C)c(CNC(=O)C(C)O)c(C)c1. The second-order valence-electron chi connectivity index (χ2n) is 4.27. The largest absolute Gasteiger partial charge is 0.384 e. The van der Waals surface area contributed by atoms with E-state index in [1.165, 1.54) is 23.6 Å². The quantitative estimate of drug-likeness (QED) is 0.814. The molecule has 0 aliphatic rings. The predicted molar refractivity (Wildman–Crippen MR) is 64.2 cm³/mol. The number of carbonyl (C=O) groups is 1. The molecule has 1 amide bonds. The van der Waals surface area contributed by atoms with E-state index in [1.54, 1.807) is 0 Å². The molecule has 0 heterocycles. The first-order valence-electron chi connectivity index (χ1n) is 5.44. The number of rotatable bonds is 3. The molecule has 0 fully saturated rings. The lowest BCUT2D eigenvalue weighted by molar-refractivity contribution is -0.128. The Balaban J connectivity index is 2.78. The summed E-state index contributed by atoms with van der Waals surface area (Å²) in [6.45, 7) is 8.05. The average Bonchev–Trinajstić information content (AvgIpc) is 2.15. The van der Waals surface area contributed by atoms with Crippen LogP contribution in [0.4, 0.5) is 0 Å². The number of aliphatic hydroxyl groups excluding tert-OH is 1. The zero-order valence-electron chi connectivity index (χ0n) is 10.3. The molecule has 2 N–H and O–H groups in total. The van der Waals surface area contributed by atoms with E-state index in [0.29, 0.717) is 6.54 Å². The number of benzene rings is 1. The minimum atomic E-state index is -0.953. The highest BCUT2D eigenvalue weighted by Gasteiger charge is 2.09. The number of aryl methyl sites for hydroxylation is 3. The molecule has 1 rings (SSSR count). The van der Waals surface area contributed by atoms with E-state index in [9.17, 15) is 4.79 Å². The lowest BCUT2D eigenvalue weighted by Gasteiger charge is -2.13. The normalized spacial score (nSPS) is 12.3. The molecule has 1 atom stereocenters. The predicted octanol–water partition coefficient (Wildman–Crippen LogP) is 1.61. The molecule has 16 heavy (non-hydrogen) atoms. The van der Waals surface area contributed by atoms with Crippen molar-refractivity contribution in [1.29, 1.82) is 0 Å². The fourth-order valence-corrected chi connectivity index (χ4v) is 1.81. The molecule has 0 aliphatic heterocycles. The summed E-state index contributed by atoms with van der Waals surface area (Å²) in [6, 6.07) is 4.19. The molecule has 0 radical (unpaired) electrons. The Labute approximate surface area is 96.5 Å². The van der Waals surface area contributed by atoms with Crippen molar-refractivity contribution in [2.24, 2.45) is 0 Å². The van der Waals surface area contributed by atoms with Crippen molar-refractivity contribution >= 4 is 5.91 Å². The average molecular weight is 221 g/mol. The summed E-state index contributed by atoms with van der Waals surface area (Å²) in [5.74, 6) is -0.334. The van der Waals surface area contributed by atoms with E-state index in [0.717, 1.165) is 5.56 Å². The number of nitrogens with one attached hydrogen (secondary N) is 1. The highest BCUT2D eigenvalue weighted by molar-refractivity contribution is 5.80. The van der Waals surface area contributed by atoms with Gasteiger partial charge in [-0.05, 0) is 44.4 Å². The molecule has 1 unspecified atom stereocenters. The summed E-state index contributed by atoms with van der Waals surface area (Å²) >= 11 is 0. The van der Waals surface area contributed by atoms with Gasteiger partial charge in [0.05, 0.1) is 0 Å². The fourth-order valence-electron chi connectivity index (χ4n) is 1.81. The van der Waals surface area contributed by atoms with Crippen LogP contribution in [0, 0.1) is 20.8 Å². The number of aliphatic hydroxyl groups is 1. The first-order chi connectivity index (χ1) is 7.41. The van der Waals surface area contributed by atoms with Gasteiger partial charge in [0.25, 0.3) is 0 Å². The zero-order valence-corrected chi connectivity index (χ0v) is 10.3. The van der Waals surface area contributed by atoms with Gasteiger partial charge in [0.2, 0.25) is 5.91 Å². The van der Waals surface area contributed by atoms with Crippen molar-refractivity contribution in [2.45, 2.75) is 40.3 Å². The zero-order chi connectivity index (χ0) is 12.3. The minimum Gasteiger partial charge on any atom is -0.384 e. The number of amides is 1. The standard InChI is InChI=1S/C13H19NO2/c1-8-5-9(2)12(10(3)6-8)7-14-13(16)11(4)15/h5-6,11,15H,7H2,1-4H3,(H,14,16). The van der Waals surface area contributed by atoms with Gasteiger partial charge in [-0.2, -0.15) is 0 Å². The van der Waals surface area contributed by atoms with Crippen LogP contribution in [0.25, 0.3) is 0 Å². The topological polar surface area (TPSA) is 49.3 Å². The van der Waals surface area contributed by atoms with Gasteiger partial charge in [-0.25, -0.2) is 0 Å². The summed E-state index contributed by atoms with van der Waals surface area (Å²) in [4.78, 5) is 11.2. The summed E-state index contributed by atoms with van der Waals surface area (Å²) in [5.41, 5.74) is 4.69. The Bertz CT molecular complexity index is 374. The number of hydrogen-bond acceptors (Lipinski definition) is 2. The van der Waals surface area contributed by atoms with Gasteiger partial charge in [0, 0.05) is 6.54 Å². The van der Waals surface area contributed by atoms with Crippen LogP contribution in [0.3, 0.4) is 0 Å². The van der Waals surface area contributed by atoms with Gasteiger partial charge in [0.15, 0.2) is 0 Å². The second-order valence-corrected chi connectivity index (χ2v) is 4.27. The third-order valence-electron chi connectivity index (χ3n) is 2.66. The molecule has 3 heteroatoms. The van der Waals surface area contributed by atoms with Gasteiger partial charge in [-0.15, -0.1) is 0 Å². The van der Waals surface area contributed by atoms with Crippen LogP contribution in [0.5, 0.6) is 0 Å². The molecule has 0 saturated heterocycles. The van der Waals surface area contributed by atoms with Crippen molar-refractivity contribution in [1.82, 2.24) is 5.32 Å². The minimum absolute atomic E-state index is 0.334. The van der Waals surface area contributed by atoms with Crippen LogP contribution in [0.2, 0.25) is 0 Å². The lowest BCUT2D eigenvalue weighted by atomic mass is 10.00. The highest BCUT2D eigenvalue weighted by atomic mass is 16.3. The second kappa shape index (κ2) is 5.12. The molecular formula is C13H19NO2. The highest BCUT2D eigenvalue weighted by Crippen LogP contribution is 2.15. The summed E-state index contributed by atoms with van der Waals surface area (Å²) < 4.78 is 0. The number of hydrogen-bond donors (Lipinski definition) is 2. The lowest BCUT2D eigenvalue weighted by Crippen LogP contribution is -2.32. The Kier molecular flexibility index (Phi) is 4.07. The molecule has 1 aromatic carbocycles. The van der Waals surface area contributed by atoms with Gasteiger partial charge < -0.3 is 10.4 Å². The van der Waals surface area contributed by atoms with Gasteiger partial charge in [-0.1, -0.05) is 17.7 Å². The van der Waals surface area contributed by atoms with Gasteiger partial charge in [-0.3, -0.25) is 4.79 Å². The van der Waals surface area contributed by atoms with Crippen molar-refractivity contribution in [2.75, 3.05) is 0 Å². The summed E-state index contributed by atoms with van der Waals surface area (Å²) in [6.07, 6.45) is -0.953. The van der Waals surface area contributed by atoms with E-state index in [1.807, 2.05) is 13.8 Å². The smallest absolute Gasteiger partial charge is 0.248 e. The maximum atomic E-state index is 11.2. The van der Waals surface area contributed by atoms with Crippen molar-refractivity contribution in [3.05, 3.63) is 34.4 Å². The van der Waals surface area contributed by atoms with Crippen LogP contribution < -0.4 is 5.32 Å². The van der Waals surface area contributed by atoms with Crippen molar-refractivity contribution in [3.63, 3.8) is 0 Å². The molecule has 0 aliphatic carbocycles. The van der Waals surface area contributed by atoms with Crippen molar-refractivity contribution in [3.8, 4) is 0 Å². The first kappa shape index (κ1) is 12.7. The molecule has 0 bridgehead atoms. The third kappa shape index (κ3) is 3.07. The monoisotopic (exact) mass is 221 g/mol. The first-order valence-corrected chi connectivity index (χ1v) is 5.44. The number of carbonyl (C=O) groups excluding carboxylic acids is 1. The summed E-state index contributed by atoms with van der Waals surface area (Å²) in [5, 5.41) is 11.8. The van der Waals surface area contributed by atoms with E-state index < -0.39 is 6.10 Å². The van der Waals surface area contributed by atoms with Crippen LogP contribution in [0.15, 0.2) is 12.1 Å². The maximum absolute atomic E-state index is 11.2. The van der Waals surface area contributed by atoms with E-state index in [4.69, 9.17) is 5.11 Å². The van der Waals surface area contributed by atoms with Gasteiger partial charge >= 0.3 is 0 Å². The summed E-state index contributed by atoms with van der Waals surface area (Å²) in [7, 11) is 0. The Morgan fingerprint density at radius 3 is 2.25 bits per heavy atom. The molecule has 3 nitrogen and oxygen atoms in total. The maximum Gasteiger partial charge on any atom is 0.248 e. The Morgan fingerprint density at radius 1 is 1.31 bits per heavy atom. The molecular weight excluding hydrogens is 202 g/mol. The van der Waals surface area contributed by atoms with E-state index in [-0.39, 0.29) is 5.91 Å². The van der Waals surface area contributed by atoms with E-state index in [2.05, 4.69) is 24.4 Å². The Morgan fingerprint density at radius 2 is 1.81 bits per heavy atom. The van der Waals surface area contributed by atoms with Crippen molar-refractivity contribution < 1.29 is 9.90 Å². The molecule has 1 aromatic rings. The van der Waals surface area contributed by atoms with Crippen LogP contribution in [0.1, 0.15) is 29.2 Å². The van der Waals surface area contributed by atoms with Gasteiger partial charge in [0.1, 0.15) is 6.10 Å². The third-order valence-corrected chi connectivity index (χ3v) is 2.66. The fraction of sp³-hybridized carbons (Fsp3) is 0.462. The molecule has 0 spiro atoms. The van der Waals surface area contributed by atoms with Crippen LogP contribution in [-0.4, -0.2) is 17.1 Å². The Hall–Kier alpha value is -1.35.